The van der Waals surface area contributed by atoms with Crippen LogP contribution in [-0.2, 0) is 9.59 Å². The minimum atomic E-state index is -1.18. The lowest BCUT2D eigenvalue weighted by Gasteiger charge is -2.27. The third-order valence-corrected chi connectivity index (χ3v) is 4.33. The second kappa shape index (κ2) is 5.20. The van der Waals surface area contributed by atoms with E-state index in [1.165, 1.54) is 0 Å². The molecule has 6 nitrogen and oxygen atoms in total. The van der Waals surface area contributed by atoms with Crippen molar-refractivity contribution in [3.8, 4) is 0 Å². The lowest BCUT2D eigenvalue weighted by Crippen LogP contribution is -2.42. The normalized spacial score (nSPS) is 24.0. The number of carbonyl (C=O) groups is 2. The van der Waals surface area contributed by atoms with Crippen molar-refractivity contribution in [3.05, 3.63) is 22.7 Å². The maximum atomic E-state index is 11.9. The summed E-state index contributed by atoms with van der Waals surface area (Å²) in [5.74, 6) is -0.504. The Labute approximate surface area is 127 Å². The molecule has 0 bridgehead atoms. The highest BCUT2D eigenvalue weighted by atomic mass is 35.5. The molecule has 0 saturated carbocycles. The van der Waals surface area contributed by atoms with Gasteiger partial charge in [-0.3, -0.25) is 9.59 Å². The molecular formula is C14H16ClN3O3. The van der Waals surface area contributed by atoms with E-state index < -0.39 is 12.0 Å². The first-order valence-corrected chi connectivity index (χ1v) is 7.21. The van der Waals surface area contributed by atoms with E-state index in [0.717, 1.165) is 19.4 Å². The summed E-state index contributed by atoms with van der Waals surface area (Å²) < 4.78 is 0. The van der Waals surface area contributed by atoms with E-state index in [-0.39, 0.29) is 11.9 Å². The molecule has 0 radical (unpaired) electrons. The minimum absolute atomic E-state index is 0.0480. The Balaban J connectivity index is 1.98. The highest BCUT2D eigenvalue weighted by Gasteiger charge is 2.34. The van der Waals surface area contributed by atoms with Crippen molar-refractivity contribution in [2.24, 2.45) is 0 Å². The van der Waals surface area contributed by atoms with Gasteiger partial charge in [0.25, 0.3) is 5.91 Å². The fraction of sp³-hybridized carbons (Fsp3) is 0.429. The van der Waals surface area contributed by atoms with Gasteiger partial charge < -0.3 is 20.6 Å². The van der Waals surface area contributed by atoms with Crippen molar-refractivity contribution < 1.29 is 14.7 Å². The number of carbonyl (C=O) groups excluding carboxylic acids is 2. The van der Waals surface area contributed by atoms with Gasteiger partial charge in [0.15, 0.2) is 6.10 Å². The highest BCUT2D eigenvalue weighted by Crippen LogP contribution is 2.40. The van der Waals surface area contributed by atoms with E-state index in [1.807, 2.05) is 4.90 Å². The van der Waals surface area contributed by atoms with E-state index in [0.29, 0.717) is 22.0 Å². The standard InChI is InChI=1S/C14H16ClN3O3/c1-16-13(20)10-3-2-4-18(10)11-6-9-7(5-8(11)15)12(19)14(21)17-9/h5-6,10,12,19H,2-4H2,1H3,(H,16,20)(H,17,21). The summed E-state index contributed by atoms with van der Waals surface area (Å²) in [6, 6.07) is 3.06. The Morgan fingerprint density at radius 2 is 2.29 bits per heavy atom. The summed E-state index contributed by atoms with van der Waals surface area (Å²) in [7, 11) is 1.61. The Morgan fingerprint density at radius 3 is 3.00 bits per heavy atom. The Hall–Kier alpha value is -1.79. The third-order valence-electron chi connectivity index (χ3n) is 4.03. The molecule has 1 aromatic rings. The summed E-state index contributed by atoms with van der Waals surface area (Å²) in [6.07, 6.45) is 0.489. The molecule has 2 heterocycles. The lowest BCUT2D eigenvalue weighted by atomic mass is 10.1. The number of hydrogen-bond donors (Lipinski definition) is 3. The van der Waals surface area contributed by atoms with Crippen molar-refractivity contribution in [1.82, 2.24) is 5.32 Å². The average molecular weight is 310 g/mol. The Morgan fingerprint density at radius 1 is 1.52 bits per heavy atom. The minimum Gasteiger partial charge on any atom is -0.378 e. The summed E-state index contributed by atoms with van der Waals surface area (Å²) in [5.41, 5.74) is 1.73. The first-order valence-electron chi connectivity index (χ1n) is 6.83. The first kappa shape index (κ1) is 14.2. The third kappa shape index (κ3) is 2.24. The molecule has 2 unspecified atom stereocenters. The summed E-state index contributed by atoms with van der Waals surface area (Å²) >= 11 is 6.29. The maximum absolute atomic E-state index is 11.9. The van der Waals surface area contributed by atoms with Gasteiger partial charge in [0.2, 0.25) is 5.91 Å². The van der Waals surface area contributed by atoms with Crippen LogP contribution in [0.4, 0.5) is 11.4 Å². The van der Waals surface area contributed by atoms with Gasteiger partial charge in [0, 0.05) is 24.8 Å². The van der Waals surface area contributed by atoms with Crippen molar-refractivity contribution in [1.29, 1.82) is 0 Å². The van der Waals surface area contributed by atoms with Crippen LogP contribution in [0, 0.1) is 0 Å². The molecule has 0 aliphatic carbocycles. The molecule has 2 aliphatic rings. The van der Waals surface area contributed by atoms with Gasteiger partial charge >= 0.3 is 0 Å². The zero-order chi connectivity index (χ0) is 15.1. The van der Waals surface area contributed by atoms with Crippen LogP contribution in [0.2, 0.25) is 5.02 Å². The monoisotopic (exact) mass is 309 g/mol. The van der Waals surface area contributed by atoms with Crippen molar-refractivity contribution in [2.75, 3.05) is 23.8 Å². The van der Waals surface area contributed by atoms with Crippen LogP contribution < -0.4 is 15.5 Å². The molecule has 21 heavy (non-hydrogen) atoms. The number of fused-ring (bicyclic) bond motifs is 1. The molecule has 2 atom stereocenters. The van der Waals surface area contributed by atoms with Gasteiger partial charge in [-0.15, -0.1) is 0 Å². The number of anilines is 2. The molecule has 2 amide bonds. The van der Waals surface area contributed by atoms with Crippen molar-refractivity contribution >= 4 is 34.8 Å². The predicted molar refractivity (Wildman–Crippen MR) is 79.5 cm³/mol. The van der Waals surface area contributed by atoms with Crippen LogP contribution in [0.3, 0.4) is 0 Å². The van der Waals surface area contributed by atoms with Crippen LogP contribution in [0.25, 0.3) is 0 Å². The molecule has 1 fully saturated rings. The number of amides is 2. The Kier molecular flexibility index (Phi) is 3.51. The van der Waals surface area contributed by atoms with Gasteiger partial charge in [-0.1, -0.05) is 11.6 Å². The number of halogens is 1. The summed E-state index contributed by atoms with van der Waals surface area (Å²) in [6.45, 7) is 0.729. The highest BCUT2D eigenvalue weighted by molar-refractivity contribution is 6.33. The SMILES string of the molecule is CNC(=O)C1CCCN1c1cc2c(cc1Cl)C(O)C(=O)N2. The van der Waals surface area contributed by atoms with Crippen LogP contribution in [-0.4, -0.2) is 36.6 Å². The number of aliphatic hydroxyl groups excluding tert-OH is 1. The fourth-order valence-electron chi connectivity index (χ4n) is 2.97. The van der Waals surface area contributed by atoms with E-state index in [2.05, 4.69) is 10.6 Å². The lowest BCUT2D eigenvalue weighted by molar-refractivity contribution is -0.123. The topological polar surface area (TPSA) is 81.7 Å². The number of aliphatic hydroxyl groups is 1. The van der Waals surface area contributed by atoms with E-state index in [4.69, 9.17) is 11.6 Å². The molecule has 0 aromatic heterocycles. The van der Waals surface area contributed by atoms with Crippen molar-refractivity contribution in [3.63, 3.8) is 0 Å². The molecule has 7 heteroatoms. The van der Waals surface area contributed by atoms with Gasteiger partial charge in [-0.25, -0.2) is 0 Å². The van der Waals surface area contributed by atoms with Crippen LogP contribution in [0.1, 0.15) is 24.5 Å². The second-order valence-electron chi connectivity index (χ2n) is 5.25. The van der Waals surface area contributed by atoms with Crippen LogP contribution in [0.15, 0.2) is 12.1 Å². The predicted octanol–water partition coefficient (Wildman–Crippen LogP) is 1.04. The maximum Gasteiger partial charge on any atom is 0.257 e. The van der Waals surface area contributed by atoms with E-state index in [1.54, 1.807) is 19.2 Å². The quantitative estimate of drug-likeness (QED) is 0.762. The average Bonchev–Trinajstić information content (AvgIpc) is 3.04. The van der Waals surface area contributed by atoms with Gasteiger partial charge in [-0.05, 0) is 25.0 Å². The second-order valence-corrected chi connectivity index (χ2v) is 5.66. The van der Waals surface area contributed by atoms with Gasteiger partial charge in [0.1, 0.15) is 6.04 Å². The molecule has 2 aliphatic heterocycles. The molecule has 3 N–H and O–H groups in total. The zero-order valence-electron chi connectivity index (χ0n) is 11.5. The number of nitrogens with one attached hydrogen (secondary N) is 2. The van der Waals surface area contributed by atoms with Gasteiger partial charge in [0.05, 0.1) is 10.7 Å². The van der Waals surface area contributed by atoms with Crippen LogP contribution >= 0.6 is 11.6 Å². The zero-order valence-corrected chi connectivity index (χ0v) is 12.3. The number of likely N-dealkylation sites (N-methyl/N-ethyl adjacent to an activating group) is 1. The molecule has 1 aromatic carbocycles. The first-order chi connectivity index (χ1) is 10.0. The molecular weight excluding hydrogens is 294 g/mol. The molecule has 112 valence electrons. The largest absolute Gasteiger partial charge is 0.378 e. The van der Waals surface area contributed by atoms with Crippen molar-refractivity contribution in [2.45, 2.75) is 25.0 Å². The molecule has 3 rings (SSSR count). The summed E-state index contributed by atoms with van der Waals surface area (Å²) in [4.78, 5) is 25.4. The fourth-order valence-corrected chi connectivity index (χ4v) is 3.25. The molecule has 1 saturated heterocycles. The summed E-state index contributed by atoms with van der Waals surface area (Å²) in [5, 5.41) is 15.5. The molecule has 0 spiro atoms. The number of benzene rings is 1. The number of rotatable bonds is 2. The smallest absolute Gasteiger partial charge is 0.257 e. The number of hydrogen-bond acceptors (Lipinski definition) is 4. The number of nitrogens with zero attached hydrogens (tertiary/aromatic N) is 1. The van der Waals surface area contributed by atoms with E-state index >= 15 is 0 Å². The Bertz CT molecular complexity index is 620. The van der Waals surface area contributed by atoms with E-state index in [9.17, 15) is 14.7 Å². The van der Waals surface area contributed by atoms with Gasteiger partial charge in [-0.2, -0.15) is 0 Å². The van der Waals surface area contributed by atoms with Crippen LogP contribution in [0.5, 0.6) is 0 Å².